The molecule has 1 aliphatic heterocycles. The van der Waals surface area contributed by atoms with Crippen molar-refractivity contribution in [3.63, 3.8) is 0 Å². The summed E-state index contributed by atoms with van der Waals surface area (Å²) in [5.74, 6) is -4.95. The highest BCUT2D eigenvalue weighted by Gasteiger charge is 2.37. The fourth-order valence-corrected chi connectivity index (χ4v) is 7.88. The van der Waals surface area contributed by atoms with Crippen molar-refractivity contribution in [1.29, 1.82) is 0 Å². The van der Waals surface area contributed by atoms with Gasteiger partial charge in [-0.15, -0.1) is 0 Å². The Hall–Kier alpha value is -5.80. The van der Waals surface area contributed by atoms with Crippen molar-refractivity contribution in [3.05, 3.63) is 60.3 Å². The van der Waals surface area contributed by atoms with Crippen LogP contribution in [0.4, 0.5) is 0 Å². The molecule has 0 radical (unpaired) electrons. The van der Waals surface area contributed by atoms with Gasteiger partial charge >= 0.3 is 7.82 Å². The Balaban J connectivity index is 1.43. The lowest BCUT2D eigenvalue weighted by Gasteiger charge is -2.28. The Bertz CT molecular complexity index is 2180. The van der Waals surface area contributed by atoms with Gasteiger partial charge in [0.1, 0.15) is 36.8 Å². The van der Waals surface area contributed by atoms with Crippen molar-refractivity contribution in [2.75, 3.05) is 19.8 Å². The highest BCUT2D eigenvalue weighted by molar-refractivity contribution is 7.46. The monoisotopic (exact) mass is 928 g/mol. The van der Waals surface area contributed by atoms with E-state index in [0.717, 1.165) is 49.1 Å². The van der Waals surface area contributed by atoms with Gasteiger partial charge in [-0.1, -0.05) is 43.6 Å². The number of fused-ring (bicyclic) bond motifs is 1. The molecular weight excluding hydrogens is 867 g/mol. The molecule has 65 heavy (non-hydrogen) atoms. The first-order valence-corrected chi connectivity index (χ1v) is 23.0. The minimum atomic E-state index is -5.12. The lowest BCUT2D eigenvalue weighted by molar-refractivity contribution is -0.139. The number of oxime groups is 1. The lowest BCUT2D eigenvalue weighted by Crippen LogP contribution is -2.61. The van der Waals surface area contributed by atoms with E-state index in [0.29, 0.717) is 38.2 Å². The summed E-state index contributed by atoms with van der Waals surface area (Å²) in [6.45, 7) is 6.42. The van der Waals surface area contributed by atoms with Crippen LogP contribution in [0.1, 0.15) is 83.9 Å². The average molecular weight is 929 g/mol. The summed E-state index contributed by atoms with van der Waals surface area (Å²) >= 11 is 0. The number of amides is 6. The van der Waals surface area contributed by atoms with Crippen LogP contribution in [0.15, 0.2) is 54.2 Å². The molecule has 2 aromatic heterocycles. The van der Waals surface area contributed by atoms with Gasteiger partial charge in [0, 0.05) is 55.5 Å². The molecule has 9 N–H and O–H groups in total. The predicted octanol–water partition coefficient (Wildman–Crippen LogP) is 0.557. The number of hydrogen-bond donors (Lipinski definition) is 8. The number of aromatic nitrogens is 3. The number of nitrogens with two attached hydrogens (primary N) is 1. The number of pyridine rings is 1. The van der Waals surface area contributed by atoms with E-state index in [9.17, 15) is 48.2 Å². The molecule has 1 fully saturated rings. The lowest BCUT2D eigenvalue weighted by atomic mass is 10.0. The first kappa shape index (κ1) is 51.8. The third-order valence-electron chi connectivity index (χ3n) is 10.6. The summed E-state index contributed by atoms with van der Waals surface area (Å²) < 4.78 is 17.7. The number of primary amides is 1. The Morgan fingerprint density at radius 3 is 2.34 bits per heavy atom. The second-order valence-corrected chi connectivity index (χ2v) is 17.5. The van der Waals surface area contributed by atoms with Crippen LogP contribution in [0, 0.1) is 5.92 Å². The molecule has 1 aliphatic rings. The molecule has 0 spiro atoms. The van der Waals surface area contributed by atoms with Crippen molar-refractivity contribution in [3.8, 4) is 0 Å². The zero-order chi connectivity index (χ0) is 47.7. The fraction of sp³-hybridized carbons (Fsp3) is 0.548. The quantitative estimate of drug-likeness (QED) is 0.0236. The number of aliphatic hydroxyl groups excluding tert-OH is 1. The molecule has 0 unspecified atom stereocenters. The Morgan fingerprint density at radius 2 is 1.65 bits per heavy atom. The summed E-state index contributed by atoms with van der Waals surface area (Å²) in [6.07, 6.45) is 8.95. The smallest absolute Gasteiger partial charge is 0.396 e. The van der Waals surface area contributed by atoms with E-state index >= 15 is 0 Å². The van der Waals surface area contributed by atoms with Gasteiger partial charge < -0.3 is 56.2 Å². The molecule has 3 aromatic rings. The van der Waals surface area contributed by atoms with Crippen LogP contribution in [0.3, 0.4) is 0 Å². The van der Waals surface area contributed by atoms with E-state index in [1.807, 2.05) is 48.7 Å². The number of likely N-dealkylation sites (tertiary alicyclic amines) is 1. The zero-order valence-electron chi connectivity index (χ0n) is 37.0. The summed E-state index contributed by atoms with van der Waals surface area (Å²) in [5, 5.41) is 25.2. The molecule has 0 bridgehead atoms. The standard InChI is InChI=1S/C42H61N10O12P/c1-26(2)18-33(48-42(59)36-14-11-16-52(36)28(4)54)39(56)47-34(40(57)49-35(24-53)41(58)50-37(38(43)55)27(3)64-65(60,61)62)20-31-23-44-25-51(31)15-9-5-6-10-17-63-46-22-29-19-30-12-7-8-13-32(30)45-21-29/h7-8,12-13,19,21-23,25-27,33-37,53H,5-6,9-11,14-18,20,24H2,1-4H3,(H2,43,55)(H,47,56)(H,48,59)(H,49,57)(H,50,58)(H2,60,61,62)/b46-22+/t27-,33+,34+,35+,36+,37+/m1/s1. The van der Waals surface area contributed by atoms with Crippen LogP contribution in [-0.2, 0) is 55.7 Å². The number of phosphoric ester groups is 1. The molecule has 356 valence electrons. The largest absolute Gasteiger partial charge is 0.469 e. The first-order valence-electron chi connectivity index (χ1n) is 21.5. The molecule has 4 rings (SSSR count). The number of phosphoric acid groups is 1. The Kier molecular flexibility index (Phi) is 20.0. The second-order valence-electron chi connectivity index (χ2n) is 16.3. The SMILES string of the molecule is CC(=O)N1CCC[C@H]1C(=O)N[C@@H](CC(C)C)C(=O)N[C@@H](Cc1cncn1CCCCCCO/N=C/c1cnc2ccccc2c1)C(=O)N[C@@H](CO)C(=O)N[C@H](C(N)=O)[C@@H](C)OP(=O)(O)O. The molecule has 22 nitrogen and oxygen atoms in total. The van der Waals surface area contributed by atoms with Gasteiger partial charge in [0.15, 0.2) is 0 Å². The van der Waals surface area contributed by atoms with Gasteiger partial charge in [0.05, 0.1) is 30.8 Å². The molecule has 0 saturated carbocycles. The number of aryl methyl sites for hydroxylation is 1. The number of hydrogen-bond acceptors (Lipinski definition) is 13. The molecule has 1 saturated heterocycles. The molecular formula is C42H61N10O12P. The number of nitrogens with one attached hydrogen (secondary N) is 4. The highest BCUT2D eigenvalue weighted by atomic mass is 31.2. The Morgan fingerprint density at radius 1 is 0.954 bits per heavy atom. The third kappa shape index (κ3) is 16.6. The second kappa shape index (κ2) is 25.0. The highest BCUT2D eigenvalue weighted by Crippen LogP contribution is 2.38. The fourth-order valence-electron chi connectivity index (χ4n) is 7.33. The number of benzene rings is 1. The number of rotatable bonds is 26. The maximum absolute atomic E-state index is 14.0. The van der Waals surface area contributed by atoms with Gasteiger partial charge in [-0.05, 0) is 63.5 Å². The maximum Gasteiger partial charge on any atom is 0.469 e. The van der Waals surface area contributed by atoms with Crippen LogP contribution >= 0.6 is 7.82 Å². The van der Waals surface area contributed by atoms with Crippen LogP contribution in [0.25, 0.3) is 10.9 Å². The number of unbranched alkanes of at least 4 members (excludes halogenated alkanes) is 3. The van der Waals surface area contributed by atoms with E-state index < -0.39 is 80.3 Å². The average Bonchev–Trinajstić information content (AvgIpc) is 3.93. The number of carbonyl (C=O) groups is 6. The maximum atomic E-state index is 14.0. The predicted molar refractivity (Wildman–Crippen MR) is 236 cm³/mol. The van der Waals surface area contributed by atoms with E-state index in [1.54, 1.807) is 18.7 Å². The number of imidazole rings is 1. The van der Waals surface area contributed by atoms with Gasteiger partial charge in [-0.25, -0.2) is 9.55 Å². The number of nitrogens with zero attached hydrogens (tertiary/aromatic N) is 5. The van der Waals surface area contributed by atoms with Crippen molar-refractivity contribution in [1.82, 2.24) is 40.7 Å². The van der Waals surface area contributed by atoms with Crippen LogP contribution < -0.4 is 27.0 Å². The van der Waals surface area contributed by atoms with Gasteiger partial charge in [0.2, 0.25) is 35.4 Å². The minimum absolute atomic E-state index is 0.0999. The molecule has 1 aromatic carbocycles. The molecule has 6 atom stereocenters. The molecule has 3 heterocycles. The zero-order valence-corrected chi connectivity index (χ0v) is 37.9. The van der Waals surface area contributed by atoms with Crippen LogP contribution in [0.2, 0.25) is 0 Å². The van der Waals surface area contributed by atoms with Crippen LogP contribution in [-0.4, -0.2) is 132 Å². The topological polar surface area (TPSA) is 319 Å². The van der Waals surface area contributed by atoms with Gasteiger partial charge in [-0.3, -0.25) is 38.3 Å². The van der Waals surface area contributed by atoms with Crippen molar-refractivity contribution in [2.24, 2.45) is 16.8 Å². The summed E-state index contributed by atoms with van der Waals surface area (Å²) in [4.78, 5) is 113. The molecule has 0 aliphatic carbocycles. The number of carbonyl (C=O) groups excluding carboxylic acids is 6. The van der Waals surface area contributed by atoms with Crippen molar-refractivity contribution < 1.29 is 57.6 Å². The molecule has 6 amide bonds. The van der Waals surface area contributed by atoms with Crippen molar-refractivity contribution >= 4 is 60.4 Å². The van der Waals surface area contributed by atoms with E-state index in [1.165, 1.54) is 18.0 Å². The number of aliphatic hydroxyl groups is 1. The van der Waals surface area contributed by atoms with Crippen molar-refractivity contribution in [2.45, 2.75) is 122 Å². The third-order valence-corrected chi connectivity index (χ3v) is 11.2. The summed E-state index contributed by atoms with van der Waals surface area (Å²) in [7, 11) is -5.12. The minimum Gasteiger partial charge on any atom is -0.396 e. The first-order chi connectivity index (χ1) is 30.9. The Labute approximate surface area is 376 Å². The summed E-state index contributed by atoms with van der Waals surface area (Å²) in [5.41, 5.74) is 7.59. The molecule has 23 heteroatoms. The normalized spacial score (nSPS) is 16.4. The number of para-hydroxylation sites is 1. The van der Waals surface area contributed by atoms with E-state index in [-0.39, 0.29) is 24.7 Å². The van der Waals surface area contributed by atoms with E-state index in [2.05, 4.69) is 40.9 Å². The summed E-state index contributed by atoms with van der Waals surface area (Å²) in [6, 6.07) is 2.89. The van der Waals surface area contributed by atoms with Gasteiger partial charge in [0.25, 0.3) is 0 Å². The van der Waals surface area contributed by atoms with Crippen LogP contribution in [0.5, 0.6) is 0 Å². The van der Waals surface area contributed by atoms with Gasteiger partial charge in [-0.2, -0.15) is 0 Å². The van der Waals surface area contributed by atoms with E-state index in [4.69, 9.17) is 10.6 Å².